The number of nitrogens with zero attached hydrogens (tertiary/aromatic N) is 2. The molecule has 3 rings (SSSR count). The lowest BCUT2D eigenvalue weighted by molar-refractivity contribution is -0.137. The van der Waals surface area contributed by atoms with Crippen LogP contribution in [0.4, 0.5) is 18.9 Å². The van der Waals surface area contributed by atoms with E-state index in [1.54, 1.807) is 13.0 Å². The number of rotatable bonds is 4. The Morgan fingerprint density at radius 2 is 1.93 bits per heavy atom. The number of aryl methyl sites for hydroxylation is 2. The van der Waals surface area contributed by atoms with Crippen LogP contribution in [0.2, 0.25) is 0 Å². The van der Waals surface area contributed by atoms with E-state index in [1.165, 1.54) is 12.1 Å². The molecule has 29 heavy (non-hydrogen) atoms. The summed E-state index contributed by atoms with van der Waals surface area (Å²) in [5.41, 5.74) is 2.27. The van der Waals surface area contributed by atoms with Crippen LogP contribution >= 0.6 is 0 Å². The number of likely N-dealkylation sites (tertiary alicyclic amines) is 1. The fraction of sp³-hybridized carbons (Fsp3) is 0.364. The molecule has 1 heterocycles. The highest BCUT2D eigenvalue weighted by Crippen LogP contribution is 2.30. The number of esters is 1. The number of aliphatic imine (C=N–C) groups is 1. The molecule has 4 nitrogen and oxygen atoms in total. The Kier molecular flexibility index (Phi) is 5.96. The third-order valence-electron chi connectivity index (χ3n) is 4.97. The van der Waals surface area contributed by atoms with Gasteiger partial charge in [-0.25, -0.2) is 9.79 Å². The van der Waals surface area contributed by atoms with Crippen LogP contribution in [-0.2, 0) is 17.5 Å². The molecule has 1 fully saturated rings. The van der Waals surface area contributed by atoms with Crippen LogP contribution < -0.4 is 0 Å². The average Bonchev–Trinajstić information content (AvgIpc) is 3.06. The van der Waals surface area contributed by atoms with Crippen molar-refractivity contribution < 1.29 is 22.7 Å². The maximum Gasteiger partial charge on any atom is 0.416 e. The summed E-state index contributed by atoms with van der Waals surface area (Å²) in [5, 5.41) is 0. The van der Waals surface area contributed by atoms with E-state index in [4.69, 9.17) is 9.73 Å². The fourth-order valence-electron chi connectivity index (χ4n) is 3.28. The molecule has 7 heteroatoms. The van der Waals surface area contributed by atoms with E-state index in [0.717, 1.165) is 48.6 Å². The van der Waals surface area contributed by atoms with Gasteiger partial charge in [0.2, 0.25) is 0 Å². The molecule has 2 aromatic rings. The van der Waals surface area contributed by atoms with Crippen molar-refractivity contribution in [1.29, 1.82) is 0 Å². The summed E-state index contributed by atoms with van der Waals surface area (Å²) in [6, 6.07) is 8.34. The standard InChI is InChI=1S/C22H23F3N2O2/c1-14-11-19(26-20-8-5-9-27(20)3)15(2)10-18(14)21(28)29-13-16-6-4-7-17(12-16)22(23,24)25/h4,6-7,10-12H,5,8-9,13H2,1-3H3/b26-20+. The van der Waals surface area contributed by atoms with Gasteiger partial charge in [-0.3, -0.25) is 0 Å². The number of carbonyl (C=O) groups excluding carboxylic acids is 1. The van der Waals surface area contributed by atoms with Crippen LogP contribution in [0.1, 0.15) is 45.5 Å². The monoisotopic (exact) mass is 404 g/mol. The predicted octanol–water partition coefficient (Wildman–Crippen LogP) is 5.43. The van der Waals surface area contributed by atoms with Crippen LogP contribution in [0.5, 0.6) is 0 Å². The third kappa shape index (κ3) is 4.96. The zero-order valence-corrected chi connectivity index (χ0v) is 16.6. The summed E-state index contributed by atoms with van der Waals surface area (Å²) in [5.74, 6) is 0.451. The van der Waals surface area contributed by atoms with Gasteiger partial charge in [0.05, 0.1) is 16.8 Å². The molecule has 0 N–H and O–H groups in total. The molecule has 0 aromatic heterocycles. The van der Waals surface area contributed by atoms with E-state index in [-0.39, 0.29) is 12.2 Å². The second-order valence-electron chi connectivity index (χ2n) is 7.28. The lowest BCUT2D eigenvalue weighted by Crippen LogP contribution is -2.18. The van der Waals surface area contributed by atoms with Gasteiger partial charge >= 0.3 is 12.1 Å². The molecule has 154 valence electrons. The minimum atomic E-state index is -4.43. The Labute approximate surface area is 168 Å². The number of ether oxygens (including phenoxy) is 1. The number of alkyl halides is 3. The zero-order valence-electron chi connectivity index (χ0n) is 16.6. The highest BCUT2D eigenvalue weighted by molar-refractivity contribution is 5.92. The number of hydrogen-bond acceptors (Lipinski definition) is 3. The summed E-state index contributed by atoms with van der Waals surface area (Å²) < 4.78 is 43.7. The van der Waals surface area contributed by atoms with Crippen LogP contribution in [0.25, 0.3) is 0 Å². The van der Waals surface area contributed by atoms with Gasteiger partial charge in [0.25, 0.3) is 0 Å². The molecule has 0 bridgehead atoms. The Hall–Kier alpha value is -2.83. The number of amidine groups is 1. The first-order chi connectivity index (χ1) is 13.6. The third-order valence-corrected chi connectivity index (χ3v) is 4.97. The van der Waals surface area contributed by atoms with Gasteiger partial charge in [-0.2, -0.15) is 13.2 Å². The molecule has 0 atom stereocenters. The first kappa shape index (κ1) is 20.9. The van der Waals surface area contributed by atoms with Crippen molar-refractivity contribution in [3.05, 3.63) is 64.2 Å². The van der Waals surface area contributed by atoms with E-state index in [0.29, 0.717) is 11.1 Å². The summed E-state index contributed by atoms with van der Waals surface area (Å²) in [6.45, 7) is 4.42. The highest BCUT2D eigenvalue weighted by atomic mass is 19.4. The predicted molar refractivity (Wildman–Crippen MR) is 105 cm³/mol. The number of carbonyl (C=O) groups is 1. The first-order valence-corrected chi connectivity index (χ1v) is 9.38. The summed E-state index contributed by atoms with van der Waals surface area (Å²) in [6.07, 6.45) is -2.43. The van der Waals surface area contributed by atoms with Crippen LogP contribution in [0.15, 0.2) is 41.4 Å². The maximum atomic E-state index is 12.8. The van der Waals surface area contributed by atoms with Crippen LogP contribution in [0, 0.1) is 13.8 Å². The van der Waals surface area contributed by atoms with Crippen molar-refractivity contribution in [2.45, 2.75) is 39.5 Å². The Morgan fingerprint density at radius 3 is 2.59 bits per heavy atom. The molecule has 0 spiro atoms. The molecule has 0 saturated carbocycles. The summed E-state index contributed by atoms with van der Waals surface area (Å²) >= 11 is 0. The van der Waals surface area contributed by atoms with E-state index in [9.17, 15) is 18.0 Å². The SMILES string of the molecule is Cc1cc(C(=O)OCc2cccc(C(F)(F)F)c2)c(C)cc1/N=C1\CCCN1C. The maximum absolute atomic E-state index is 12.8. The smallest absolute Gasteiger partial charge is 0.416 e. The molecule has 1 aliphatic heterocycles. The second kappa shape index (κ2) is 8.27. The van der Waals surface area contributed by atoms with Gasteiger partial charge in [0, 0.05) is 20.0 Å². The van der Waals surface area contributed by atoms with Gasteiger partial charge in [-0.1, -0.05) is 12.1 Å². The highest BCUT2D eigenvalue weighted by Gasteiger charge is 2.30. The lowest BCUT2D eigenvalue weighted by Gasteiger charge is -2.14. The molecule has 1 saturated heterocycles. The molecular formula is C22H23F3N2O2. The van der Waals surface area contributed by atoms with Gasteiger partial charge in [0.15, 0.2) is 0 Å². The molecule has 0 unspecified atom stereocenters. The topological polar surface area (TPSA) is 41.9 Å². The first-order valence-electron chi connectivity index (χ1n) is 9.38. The summed E-state index contributed by atoms with van der Waals surface area (Å²) in [4.78, 5) is 19.3. The van der Waals surface area contributed by atoms with E-state index >= 15 is 0 Å². The van der Waals surface area contributed by atoms with Crippen molar-refractivity contribution in [2.75, 3.05) is 13.6 Å². The average molecular weight is 404 g/mol. The minimum Gasteiger partial charge on any atom is -0.457 e. The van der Waals surface area contributed by atoms with Crippen molar-refractivity contribution in [3.8, 4) is 0 Å². The minimum absolute atomic E-state index is 0.226. The van der Waals surface area contributed by atoms with Gasteiger partial charge in [0.1, 0.15) is 12.4 Å². The number of hydrogen-bond donors (Lipinski definition) is 0. The van der Waals surface area contributed by atoms with Gasteiger partial charge < -0.3 is 9.64 Å². The second-order valence-corrected chi connectivity index (χ2v) is 7.28. The number of benzene rings is 2. The van der Waals surface area contributed by atoms with Gasteiger partial charge in [-0.15, -0.1) is 0 Å². The van der Waals surface area contributed by atoms with Crippen LogP contribution in [-0.4, -0.2) is 30.3 Å². The lowest BCUT2D eigenvalue weighted by atomic mass is 10.0. The number of halogens is 3. The molecule has 0 amide bonds. The van der Waals surface area contributed by atoms with Crippen LogP contribution in [0.3, 0.4) is 0 Å². The molecule has 1 aliphatic rings. The fourth-order valence-corrected chi connectivity index (χ4v) is 3.28. The van der Waals surface area contributed by atoms with Gasteiger partial charge in [-0.05, 0) is 61.2 Å². The largest absolute Gasteiger partial charge is 0.457 e. The van der Waals surface area contributed by atoms with E-state index in [2.05, 4.69) is 4.90 Å². The molecule has 2 aromatic carbocycles. The Morgan fingerprint density at radius 1 is 1.17 bits per heavy atom. The normalized spacial score (nSPS) is 15.8. The van der Waals surface area contributed by atoms with Crippen molar-refractivity contribution in [2.24, 2.45) is 4.99 Å². The molecule has 0 aliphatic carbocycles. The molecule has 0 radical (unpaired) electrons. The Balaban J connectivity index is 1.74. The van der Waals surface area contributed by atoms with Crippen molar-refractivity contribution >= 4 is 17.5 Å². The Bertz CT molecular complexity index is 952. The van der Waals surface area contributed by atoms with E-state index in [1.807, 2.05) is 20.0 Å². The molecular weight excluding hydrogens is 381 g/mol. The zero-order chi connectivity index (χ0) is 21.2. The van der Waals surface area contributed by atoms with Crippen molar-refractivity contribution in [3.63, 3.8) is 0 Å². The summed E-state index contributed by atoms with van der Waals surface area (Å²) in [7, 11) is 2.01. The van der Waals surface area contributed by atoms with E-state index < -0.39 is 17.7 Å². The quantitative estimate of drug-likeness (QED) is 0.638. The van der Waals surface area contributed by atoms with Crippen molar-refractivity contribution in [1.82, 2.24) is 4.90 Å².